The van der Waals surface area contributed by atoms with Gasteiger partial charge in [-0.3, -0.25) is 0 Å². The highest BCUT2D eigenvalue weighted by Crippen LogP contribution is 2.28. The van der Waals surface area contributed by atoms with Crippen molar-refractivity contribution in [3.05, 3.63) is 41.5 Å². The number of aromatic nitrogens is 1. The standard InChI is InChI=1S/C17H21FN2O4S/c1-12-17(13(2)24-19-12)25(21,22)20-9-7-14(8-10-20)11-23-16-5-3-15(18)4-6-16/h3-6,14H,7-11H2,1-2H3. The number of hydrogen-bond donors (Lipinski definition) is 0. The van der Waals surface area contributed by atoms with Gasteiger partial charge in [0.05, 0.1) is 6.61 Å². The summed E-state index contributed by atoms with van der Waals surface area (Å²) in [5, 5.41) is 3.73. The maximum atomic E-state index is 12.9. The van der Waals surface area contributed by atoms with Crippen LogP contribution < -0.4 is 4.74 Å². The van der Waals surface area contributed by atoms with Gasteiger partial charge in [-0.1, -0.05) is 5.16 Å². The van der Waals surface area contributed by atoms with Gasteiger partial charge in [-0.15, -0.1) is 0 Å². The van der Waals surface area contributed by atoms with Crippen LogP contribution in [0.3, 0.4) is 0 Å². The Morgan fingerprint density at radius 3 is 2.44 bits per heavy atom. The van der Waals surface area contributed by atoms with Gasteiger partial charge < -0.3 is 9.26 Å². The second-order valence-corrected chi connectivity index (χ2v) is 8.14. The lowest BCUT2D eigenvalue weighted by Crippen LogP contribution is -2.40. The summed E-state index contributed by atoms with van der Waals surface area (Å²) in [4.78, 5) is 0.175. The Hall–Kier alpha value is -1.93. The number of ether oxygens (including phenoxy) is 1. The molecule has 0 N–H and O–H groups in total. The van der Waals surface area contributed by atoms with E-state index in [-0.39, 0.29) is 16.6 Å². The highest BCUT2D eigenvalue weighted by Gasteiger charge is 2.33. The number of rotatable bonds is 5. The number of benzene rings is 1. The van der Waals surface area contributed by atoms with E-state index >= 15 is 0 Å². The zero-order valence-corrected chi connectivity index (χ0v) is 15.1. The van der Waals surface area contributed by atoms with Crippen LogP contribution in [0.15, 0.2) is 33.7 Å². The Bertz CT molecular complexity index is 805. The Morgan fingerprint density at radius 1 is 1.24 bits per heavy atom. The minimum absolute atomic E-state index is 0.175. The molecule has 1 aromatic carbocycles. The minimum atomic E-state index is -3.58. The Balaban J connectivity index is 1.57. The minimum Gasteiger partial charge on any atom is -0.493 e. The molecule has 0 spiro atoms. The fraction of sp³-hybridized carbons (Fsp3) is 0.471. The van der Waals surface area contributed by atoms with Crippen LogP contribution in [0.1, 0.15) is 24.3 Å². The van der Waals surface area contributed by atoms with Gasteiger partial charge in [0, 0.05) is 13.1 Å². The summed E-state index contributed by atoms with van der Waals surface area (Å²) in [6.45, 7) is 4.60. The monoisotopic (exact) mass is 368 g/mol. The normalized spacial score (nSPS) is 16.9. The van der Waals surface area contributed by atoms with Crippen molar-refractivity contribution in [2.45, 2.75) is 31.6 Å². The van der Waals surface area contributed by atoms with E-state index in [1.54, 1.807) is 26.0 Å². The number of sulfonamides is 1. The molecule has 1 fully saturated rings. The Morgan fingerprint density at radius 2 is 1.88 bits per heavy atom. The summed E-state index contributed by atoms with van der Waals surface area (Å²) in [5.74, 6) is 0.901. The summed E-state index contributed by atoms with van der Waals surface area (Å²) in [5.41, 5.74) is 0.388. The fourth-order valence-corrected chi connectivity index (χ4v) is 4.79. The molecule has 136 valence electrons. The van der Waals surface area contributed by atoms with Crippen LogP contribution in [0.2, 0.25) is 0 Å². The van der Waals surface area contributed by atoms with Gasteiger partial charge >= 0.3 is 0 Å². The van der Waals surface area contributed by atoms with Crippen molar-refractivity contribution >= 4 is 10.0 Å². The van der Waals surface area contributed by atoms with Crippen LogP contribution in [0.25, 0.3) is 0 Å². The van der Waals surface area contributed by atoms with E-state index in [0.717, 1.165) is 0 Å². The first-order chi connectivity index (χ1) is 11.9. The van der Waals surface area contributed by atoms with Crippen molar-refractivity contribution in [1.82, 2.24) is 9.46 Å². The second-order valence-electron chi connectivity index (χ2n) is 6.27. The molecule has 0 radical (unpaired) electrons. The van der Waals surface area contributed by atoms with E-state index in [9.17, 15) is 12.8 Å². The van der Waals surface area contributed by atoms with Crippen molar-refractivity contribution in [3.8, 4) is 5.75 Å². The molecule has 0 bridgehead atoms. The zero-order valence-electron chi connectivity index (χ0n) is 14.2. The van der Waals surface area contributed by atoms with Crippen LogP contribution in [0.4, 0.5) is 4.39 Å². The summed E-state index contributed by atoms with van der Waals surface area (Å²) < 4.78 is 50.6. The second kappa shape index (κ2) is 7.13. The summed E-state index contributed by atoms with van der Waals surface area (Å²) in [7, 11) is -3.58. The zero-order chi connectivity index (χ0) is 18.0. The average molecular weight is 368 g/mol. The van der Waals surface area contributed by atoms with Crippen molar-refractivity contribution in [1.29, 1.82) is 0 Å². The highest BCUT2D eigenvalue weighted by molar-refractivity contribution is 7.89. The smallest absolute Gasteiger partial charge is 0.248 e. The van der Waals surface area contributed by atoms with Gasteiger partial charge in [-0.05, 0) is 56.9 Å². The molecule has 0 unspecified atom stereocenters. The van der Waals surface area contributed by atoms with Crippen molar-refractivity contribution < 1.29 is 22.1 Å². The average Bonchev–Trinajstić information content (AvgIpc) is 2.94. The molecule has 1 saturated heterocycles. The maximum absolute atomic E-state index is 12.9. The Labute approximate surface area is 146 Å². The van der Waals surface area contributed by atoms with Gasteiger partial charge in [0.2, 0.25) is 10.0 Å². The van der Waals surface area contributed by atoms with Gasteiger partial charge in [0.25, 0.3) is 0 Å². The largest absolute Gasteiger partial charge is 0.493 e. The summed E-state index contributed by atoms with van der Waals surface area (Å²) in [6, 6.07) is 5.89. The summed E-state index contributed by atoms with van der Waals surface area (Å²) >= 11 is 0. The first-order valence-electron chi connectivity index (χ1n) is 8.19. The molecule has 2 heterocycles. The molecule has 2 aromatic rings. The lowest BCUT2D eigenvalue weighted by atomic mass is 9.99. The van der Waals surface area contributed by atoms with E-state index < -0.39 is 10.0 Å². The number of nitrogens with zero attached hydrogens (tertiary/aromatic N) is 2. The molecule has 6 nitrogen and oxygen atoms in total. The van der Waals surface area contributed by atoms with Crippen molar-refractivity contribution in [2.75, 3.05) is 19.7 Å². The SMILES string of the molecule is Cc1noc(C)c1S(=O)(=O)N1CCC(COc2ccc(F)cc2)CC1. The van der Waals surface area contributed by atoms with Gasteiger partial charge in [0.15, 0.2) is 5.76 Å². The van der Waals surface area contributed by atoms with Crippen LogP contribution in [0.5, 0.6) is 5.75 Å². The van der Waals surface area contributed by atoms with Crippen LogP contribution in [-0.2, 0) is 10.0 Å². The lowest BCUT2D eigenvalue weighted by Gasteiger charge is -2.31. The first kappa shape index (κ1) is 17.9. The van der Waals surface area contributed by atoms with Crippen LogP contribution in [-0.4, -0.2) is 37.6 Å². The van der Waals surface area contributed by atoms with E-state index in [4.69, 9.17) is 9.26 Å². The van der Waals surface area contributed by atoms with Crippen molar-refractivity contribution in [2.24, 2.45) is 5.92 Å². The highest BCUT2D eigenvalue weighted by atomic mass is 32.2. The molecule has 1 aliphatic rings. The quantitative estimate of drug-likeness (QED) is 0.811. The van der Waals surface area contributed by atoms with E-state index in [2.05, 4.69) is 5.16 Å². The molecule has 1 aromatic heterocycles. The van der Waals surface area contributed by atoms with Crippen molar-refractivity contribution in [3.63, 3.8) is 0 Å². The molecular formula is C17H21FN2O4S. The van der Waals surface area contributed by atoms with Crippen LogP contribution in [0, 0.1) is 25.6 Å². The van der Waals surface area contributed by atoms with Crippen LogP contribution >= 0.6 is 0 Å². The molecular weight excluding hydrogens is 347 g/mol. The molecule has 8 heteroatoms. The predicted octanol–water partition coefficient (Wildman–Crippen LogP) is 2.91. The lowest BCUT2D eigenvalue weighted by molar-refractivity contribution is 0.185. The number of piperidine rings is 1. The van der Waals surface area contributed by atoms with E-state index in [0.29, 0.717) is 49.7 Å². The third kappa shape index (κ3) is 3.85. The van der Waals surface area contributed by atoms with E-state index in [1.165, 1.54) is 16.4 Å². The molecule has 0 amide bonds. The molecule has 1 aliphatic heterocycles. The van der Waals surface area contributed by atoms with Gasteiger partial charge in [-0.2, -0.15) is 4.31 Å². The number of halogens is 1. The summed E-state index contributed by atoms with van der Waals surface area (Å²) in [6.07, 6.45) is 1.42. The maximum Gasteiger partial charge on any atom is 0.248 e. The fourth-order valence-electron chi connectivity index (χ4n) is 3.03. The predicted molar refractivity (Wildman–Crippen MR) is 89.4 cm³/mol. The van der Waals surface area contributed by atoms with Gasteiger partial charge in [0.1, 0.15) is 22.2 Å². The molecule has 25 heavy (non-hydrogen) atoms. The van der Waals surface area contributed by atoms with E-state index in [1.807, 2.05) is 0 Å². The number of hydrogen-bond acceptors (Lipinski definition) is 5. The third-order valence-electron chi connectivity index (χ3n) is 4.44. The van der Waals surface area contributed by atoms with Gasteiger partial charge in [-0.25, -0.2) is 12.8 Å². The molecule has 0 atom stereocenters. The third-order valence-corrected chi connectivity index (χ3v) is 6.58. The number of aryl methyl sites for hydroxylation is 2. The molecule has 3 rings (SSSR count). The molecule has 0 aliphatic carbocycles. The molecule has 0 saturated carbocycles. The Kier molecular flexibility index (Phi) is 5.10. The first-order valence-corrected chi connectivity index (χ1v) is 9.63. The topological polar surface area (TPSA) is 72.6 Å².